The number of hydrogen-bond donors (Lipinski definition) is 2. The first-order valence-electron chi connectivity index (χ1n) is 5.66. The van der Waals surface area contributed by atoms with E-state index in [0.29, 0.717) is 10.8 Å². The third kappa shape index (κ3) is 5.38. The second-order valence-electron chi connectivity index (χ2n) is 4.79. The third-order valence-electron chi connectivity index (χ3n) is 2.21. The van der Waals surface area contributed by atoms with Crippen LogP contribution in [0.4, 0.5) is 0 Å². The number of nitrogens with one attached hydrogen (secondary N) is 1. The Morgan fingerprint density at radius 2 is 2.17 bits per heavy atom. The van der Waals surface area contributed by atoms with E-state index in [1.807, 2.05) is 6.92 Å². The van der Waals surface area contributed by atoms with E-state index in [0.717, 1.165) is 5.56 Å². The summed E-state index contributed by atoms with van der Waals surface area (Å²) < 4.78 is 5.37. The molecule has 0 radical (unpaired) electrons. The van der Waals surface area contributed by atoms with Gasteiger partial charge in [0.2, 0.25) is 0 Å². The minimum absolute atomic E-state index is 0.0848. The van der Waals surface area contributed by atoms with Crippen molar-refractivity contribution in [1.29, 1.82) is 0 Å². The van der Waals surface area contributed by atoms with Crippen LogP contribution >= 0.6 is 11.6 Å². The summed E-state index contributed by atoms with van der Waals surface area (Å²) in [6.45, 7) is 5.21. The van der Waals surface area contributed by atoms with Gasteiger partial charge in [0.1, 0.15) is 5.75 Å². The first-order valence-corrected chi connectivity index (χ1v) is 6.04. The van der Waals surface area contributed by atoms with Gasteiger partial charge in [0.05, 0.1) is 5.60 Å². The van der Waals surface area contributed by atoms with E-state index in [-0.39, 0.29) is 19.1 Å². The Hall–Kier alpha value is -1.26. The van der Waals surface area contributed by atoms with Crippen molar-refractivity contribution in [3.05, 3.63) is 28.8 Å². The van der Waals surface area contributed by atoms with Crippen molar-refractivity contribution < 1.29 is 14.6 Å². The summed E-state index contributed by atoms with van der Waals surface area (Å²) in [7, 11) is 0. The quantitative estimate of drug-likeness (QED) is 0.860. The molecule has 0 aliphatic rings. The molecular weight excluding hydrogens is 254 g/mol. The van der Waals surface area contributed by atoms with E-state index >= 15 is 0 Å². The summed E-state index contributed by atoms with van der Waals surface area (Å²) in [6.07, 6.45) is 0. The third-order valence-corrected chi connectivity index (χ3v) is 2.45. The Morgan fingerprint density at radius 1 is 1.50 bits per heavy atom. The number of amides is 1. The Bertz CT molecular complexity index is 427. The monoisotopic (exact) mass is 271 g/mol. The lowest BCUT2D eigenvalue weighted by Gasteiger charge is -2.17. The predicted molar refractivity (Wildman–Crippen MR) is 71.0 cm³/mol. The van der Waals surface area contributed by atoms with Gasteiger partial charge in [0.25, 0.3) is 5.91 Å². The molecule has 0 atom stereocenters. The maximum atomic E-state index is 11.5. The van der Waals surface area contributed by atoms with Gasteiger partial charge in [-0.1, -0.05) is 11.6 Å². The molecule has 0 fully saturated rings. The lowest BCUT2D eigenvalue weighted by Crippen LogP contribution is -2.40. The zero-order valence-corrected chi connectivity index (χ0v) is 11.5. The number of ether oxygens (including phenoxy) is 1. The molecule has 4 nitrogen and oxygen atoms in total. The van der Waals surface area contributed by atoms with Gasteiger partial charge in [-0.05, 0) is 44.5 Å². The Morgan fingerprint density at radius 3 is 2.72 bits per heavy atom. The number of carbonyl (C=O) groups excluding carboxylic acids is 1. The van der Waals surface area contributed by atoms with Crippen LogP contribution in [0.1, 0.15) is 19.4 Å². The average molecular weight is 272 g/mol. The fourth-order valence-electron chi connectivity index (χ4n) is 1.28. The molecular formula is C13H18ClNO3. The predicted octanol–water partition coefficient (Wildman–Crippen LogP) is 1.91. The Labute approximate surface area is 112 Å². The number of benzene rings is 1. The lowest BCUT2D eigenvalue weighted by molar-refractivity contribution is -0.124. The molecule has 0 saturated carbocycles. The van der Waals surface area contributed by atoms with Crippen molar-refractivity contribution in [2.75, 3.05) is 13.2 Å². The summed E-state index contributed by atoms with van der Waals surface area (Å²) >= 11 is 5.82. The van der Waals surface area contributed by atoms with Crippen LogP contribution in [0.2, 0.25) is 5.02 Å². The summed E-state index contributed by atoms with van der Waals surface area (Å²) in [5.41, 5.74) is -0.0518. The van der Waals surface area contributed by atoms with E-state index in [2.05, 4.69) is 5.32 Å². The zero-order valence-electron chi connectivity index (χ0n) is 10.8. The van der Waals surface area contributed by atoms with Gasteiger partial charge in [-0.15, -0.1) is 0 Å². The molecule has 1 aromatic carbocycles. The molecule has 1 aromatic rings. The van der Waals surface area contributed by atoms with Crippen molar-refractivity contribution in [2.45, 2.75) is 26.4 Å². The number of aryl methyl sites for hydroxylation is 1. The normalized spacial score (nSPS) is 11.2. The van der Waals surface area contributed by atoms with E-state index in [4.69, 9.17) is 16.3 Å². The van der Waals surface area contributed by atoms with Gasteiger partial charge in [-0.25, -0.2) is 0 Å². The van der Waals surface area contributed by atoms with Crippen LogP contribution in [0.25, 0.3) is 0 Å². The van der Waals surface area contributed by atoms with Gasteiger partial charge in [-0.3, -0.25) is 4.79 Å². The van der Waals surface area contributed by atoms with Crippen LogP contribution in [0, 0.1) is 6.92 Å². The molecule has 0 aliphatic heterocycles. The topological polar surface area (TPSA) is 58.6 Å². The van der Waals surface area contributed by atoms with E-state index in [9.17, 15) is 9.90 Å². The SMILES string of the molecule is Cc1cc(Cl)ccc1OCC(=O)NCC(C)(C)O. The van der Waals surface area contributed by atoms with E-state index in [1.165, 1.54) is 0 Å². The highest BCUT2D eigenvalue weighted by Gasteiger charge is 2.14. The highest BCUT2D eigenvalue weighted by Crippen LogP contribution is 2.21. The summed E-state index contributed by atoms with van der Waals surface area (Å²) in [5, 5.41) is 12.7. The summed E-state index contributed by atoms with van der Waals surface area (Å²) in [5.74, 6) is 0.351. The molecule has 0 spiro atoms. The molecule has 5 heteroatoms. The smallest absolute Gasteiger partial charge is 0.258 e. The molecule has 0 heterocycles. The lowest BCUT2D eigenvalue weighted by atomic mass is 10.1. The fourth-order valence-corrected chi connectivity index (χ4v) is 1.51. The maximum Gasteiger partial charge on any atom is 0.258 e. The van der Waals surface area contributed by atoms with Crippen LogP contribution in [0.5, 0.6) is 5.75 Å². The number of hydrogen-bond acceptors (Lipinski definition) is 3. The van der Waals surface area contributed by atoms with Crippen molar-refractivity contribution in [3.8, 4) is 5.75 Å². The van der Waals surface area contributed by atoms with Crippen molar-refractivity contribution in [2.24, 2.45) is 0 Å². The molecule has 0 unspecified atom stereocenters. The molecule has 1 amide bonds. The van der Waals surface area contributed by atoms with Crippen molar-refractivity contribution in [3.63, 3.8) is 0 Å². The van der Waals surface area contributed by atoms with Crippen LogP contribution in [-0.2, 0) is 4.79 Å². The summed E-state index contributed by atoms with van der Waals surface area (Å²) in [6, 6.07) is 5.20. The fraction of sp³-hybridized carbons (Fsp3) is 0.462. The van der Waals surface area contributed by atoms with E-state index in [1.54, 1.807) is 32.0 Å². The van der Waals surface area contributed by atoms with Crippen molar-refractivity contribution >= 4 is 17.5 Å². The zero-order chi connectivity index (χ0) is 13.8. The van der Waals surface area contributed by atoms with Gasteiger partial charge in [0.15, 0.2) is 6.61 Å². The van der Waals surface area contributed by atoms with Crippen molar-refractivity contribution in [1.82, 2.24) is 5.32 Å². The molecule has 18 heavy (non-hydrogen) atoms. The second kappa shape index (κ2) is 6.07. The Kier molecular flexibility index (Phi) is 4.99. The van der Waals surface area contributed by atoms with Gasteiger partial charge in [-0.2, -0.15) is 0 Å². The van der Waals surface area contributed by atoms with Crippen LogP contribution < -0.4 is 10.1 Å². The average Bonchev–Trinajstić information content (AvgIpc) is 2.24. The maximum absolute atomic E-state index is 11.5. The number of aliphatic hydroxyl groups is 1. The molecule has 0 saturated heterocycles. The molecule has 0 aliphatic carbocycles. The minimum Gasteiger partial charge on any atom is -0.484 e. The first kappa shape index (κ1) is 14.8. The number of carbonyl (C=O) groups is 1. The number of rotatable bonds is 5. The van der Waals surface area contributed by atoms with Gasteiger partial charge in [0, 0.05) is 11.6 Å². The minimum atomic E-state index is -0.925. The highest BCUT2D eigenvalue weighted by atomic mass is 35.5. The summed E-state index contributed by atoms with van der Waals surface area (Å²) in [4.78, 5) is 11.5. The molecule has 100 valence electrons. The van der Waals surface area contributed by atoms with Crippen LogP contribution in [0.3, 0.4) is 0 Å². The Balaban J connectivity index is 2.43. The number of halogens is 1. The standard InChI is InChI=1S/C13H18ClNO3/c1-9-6-10(14)4-5-11(9)18-7-12(16)15-8-13(2,3)17/h4-6,17H,7-8H2,1-3H3,(H,15,16). The van der Waals surface area contributed by atoms with Crippen LogP contribution in [-0.4, -0.2) is 29.8 Å². The molecule has 0 bridgehead atoms. The molecule has 2 N–H and O–H groups in total. The first-order chi connectivity index (χ1) is 8.28. The van der Waals surface area contributed by atoms with Gasteiger partial charge >= 0.3 is 0 Å². The molecule has 1 rings (SSSR count). The largest absolute Gasteiger partial charge is 0.484 e. The van der Waals surface area contributed by atoms with E-state index < -0.39 is 5.60 Å². The molecule has 0 aromatic heterocycles. The highest BCUT2D eigenvalue weighted by molar-refractivity contribution is 6.30. The van der Waals surface area contributed by atoms with Crippen LogP contribution in [0.15, 0.2) is 18.2 Å². The van der Waals surface area contributed by atoms with Gasteiger partial charge < -0.3 is 15.2 Å². The second-order valence-corrected chi connectivity index (χ2v) is 5.22.